The van der Waals surface area contributed by atoms with Gasteiger partial charge in [-0.25, -0.2) is 0 Å². The molecular formula is C21H27N3O2. The Morgan fingerprint density at radius 1 is 1.15 bits per heavy atom. The van der Waals surface area contributed by atoms with Crippen LogP contribution in [-0.2, 0) is 13.6 Å². The van der Waals surface area contributed by atoms with E-state index in [9.17, 15) is 9.59 Å². The van der Waals surface area contributed by atoms with Gasteiger partial charge in [-0.05, 0) is 56.6 Å². The molecule has 1 saturated heterocycles. The number of likely N-dealkylation sites (tertiary alicyclic amines) is 1. The maximum Gasteiger partial charge on any atom is 0.263 e. The Hall–Kier alpha value is -2.40. The Morgan fingerprint density at radius 3 is 2.58 bits per heavy atom. The Morgan fingerprint density at radius 2 is 1.88 bits per heavy atom. The average molecular weight is 353 g/mol. The average Bonchev–Trinajstić information content (AvgIpc) is 2.64. The maximum atomic E-state index is 13.1. The number of aryl methyl sites for hydroxylation is 1. The van der Waals surface area contributed by atoms with E-state index >= 15 is 0 Å². The van der Waals surface area contributed by atoms with E-state index in [1.807, 2.05) is 4.90 Å². The van der Waals surface area contributed by atoms with Gasteiger partial charge in [-0.2, -0.15) is 0 Å². The minimum absolute atomic E-state index is 0.0366. The molecule has 1 amide bonds. The molecule has 2 aromatic rings. The number of rotatable bonds is 4. The number of amides is 1. The SMILES string of the molecule is CN(C)Cc1ccc([C@@H]2CCCCN2C(=O)c2cccn(C)c2=O)cc1. The number of piperidine rings is 1. The molecule has 2 heterocycles. The van der Waals surface area contributed by atoms with Gasteiger partial charge in [0.05, 0.1) is 6.04 Å². The van der Waals surface area contributed by atoms with Crippen LogP contribution in [0.25, 0.3) is 0 Å². The van der Waals surface area contributed by atoms with Crippen LogP contribution < -0.4 is 5.56 Å². The molecular weight excluding hydrogens is 326 g/mol. The van der Waals surface area contributed by atoms with E-state index in [1.165, 1.54) is 10.1 Å². The lowest BCUT2D eigenvalue weighted by Crippen LogP contribution is -2.41. The Bertz CT molecular complexity index is 824. The van der Waals surface area contributed by atoms with Crippen molar-refractivity contribution >= 4 is 5.91 Å². The first kappa shape index (κ1) is 18.4. The zero-order valence-corrected chi connectivity index (χ0v) is 15.8. The molecule has 0 unspecified atom stereocenters. The van der Waals surface area contributed by atoms with Gasteiger partial charge in [-0.15, -0.1) is 0 Å². The minimum Gasteiger partial charge on any atom is -0.331 e. The zero-order valence-electron chi connectivity index (χ0n) is 15.8. The second-order valence-corrected chi connectivity index (χ2v) is 7.33. The molecule has 0 spiro atoms. The molecule has 5 heteroatoms. The van der Waals surface area contributed by atoms with Crippen LogP contribution in [0.3, 0.4) is 0 Å². The number of hydrogen-bond acceptors (Lipinski definition) is 3. The molecule has 0 radical (unpaired) electrons. The third kappa shape index (κ3) is 3.88. The van der Waals surface area contributed by atoms with E-state index in [0.717, 1.165) is 31.4 Å². The number of carbonyl (C=O) groups is 1. The van der Waals surface area contributed by atoms with Crippen LogP contribution in [0.1, 0.15) is 46.8 Å². The number of pyridine rings is 1. The summed E-state index contributed by atoms with van der Waals surface area (Å²) in [5, 5.41) is 0. The first-order valence-electron chi connectivity index (χ1n) is 9.17. The molecule has 1 aliphatic rings. The van der Waals surface area contributed by atoms with Gasteiger partial charge in [-0.1, -0.05) is 24.3 Å². The van der Waals surface area contributed by atoms with E-state index in [0.29, 0.717) is 6.54 Å². The van der Waals surface area contributed by atoms with Gasteiger partial charge in [0.15, 0.2) is 0 Å². The number of carbonyl (C=O) groups excluding carboxylic acids is 1. The van der Waals surface area contributed by atoms with E-state index in [2.05, 4.69) is 43.3 Å². The van der Waals surface area contributed by atoms with E-state index in [1.54, 1.807) is 25.4 Å². The van der Waals surface area contributed by atoms with Gasteiger partial charge in [0.2, 0.25) is 0 Å². The fraction of sp³-hybridized carbons (Fsp3) is 0.429. The lowest BCUT2D eigenvalue weighted by atomic mass is 9.94. The van der Waals surface area contributed by atoms with Crippen LogP contribution in [0.4, 0.5) is 0 Å². The summed E-state index contributed by atoms with van der Waals surface area (Å²) in [6.07, 6.45) is 4.69. The number of nitrogens with zero attached hydrogens (tertiary/aromatic N) is 3. The molecule has 1 aromatic carbocycles. The third-order valence-electron chi connectivity index (χ3n) is 4.98. The quantitative estimate of drug-likeness (QED) is 0.849. The first-order valence-corrected chi connectivity index (χ1v) is 9.17. The summed E-state index contributed by atoms with van der Waals surface area (Å²) in [6.45, 7) is 1.59. The molecule has 1 aliphatic heterocycles. The van der Waals surface area contributed by atoms with Gasteiger partial charge in [0, 0.05) is 26.3 Å². The van der Waals surface area contributed by atoms with Crippen molar-refractivity contribution in [3.8, 4) is 0 Å². The lowest BCUT2D eigenvalue weighted by molar-refractivity contribution is 0.0609. The standard InChI is InChI=1S/C21H27N3O2/c1-22(2)15-16-9-11-17(12-10-16)19-8-4-5-14-24(19)21(26)18-7-6-13-23(3)20(18)25/h6-7,9-13,19H,4-5,8,14-15H2,1-3H3/t19-/m0/s1. The van der Waals surface area contributed by atoms with Crippen molar-refractivity contribution in [2.75, 3.05) is 20.6 Å². The normalized spacial score (nSPS) is 17.5. The zero-order chi connectivity index (χ0) is 18.7. The predicted octanol–water partition coefficient (Wildman–Crippen LogP) is 2.81. The molecule has 3 rings (SSSR count). The van der Waals surface area contributed by atoms with Crippen LogP contribution in [0.15, 0.2) is 47.4 Å². The maximum absolute atomic E-state index is 13.1. The van der Waals surface area contributed by atoms with Crippen LogP contribution in [-0.4, -0.2) is 40.9 Å². The molecule has 1 atom stereocenters. The Kier molecular flexibility index (Phi) is 5.57. The molecule has 0 N–H and O–H groups in total. The summed E-state index contributed by atoms with van der Waals surface area (Å²) in [6, 6.07) is 11.9. The van der Waals surface area contributed by atoms with Crippen LogP contribution in [0.2, 0.25) is 0 Å². The third-order valence-corrected chi connectivity index (χ3v) is 4.98. The highest BCUT2D eigenvalue weighted by molar-refractivity contribution is 5.94. The molecule has 0 bridgehead atoms. The van der Waals surface area contributed by atoms with Gasteiger partial charge in [0.25, 0.3) is 11.5 Å². The largest absolute Gasteiger partial charge is 0.331 e. The highest BCUT2D eigenvalue weighted by Crippen LogP contribution is 2.32. The van der Waals surface area contributed by atoms with Crippen molar-refractivity contribution < 1.29 is 4.79 Å². The summed E-state index contributed by atoms with van der Waals surface area (Å²) in [5.74, 6) is -0.159. The topological polar surface area (TPSA) is 45.5 Å². The van der Waals surface area contributed by atoms with Crippen LogP contribution in [0, 0.1) is 0 Å². The molecule has 0 aliphatic carbocycles. The fourth-order valence-corrected chi connectivity index (χ4v) is 3.65. The Labute approximate surface area is 154 Å². The van der Waals surface area contributed by atoms with E-state index in [4.69, 9.17) is 0 Å². The summed E-state index contributed by atoms with van der Waals surface area (Å²) in [5.41, 5.74) is 2.42. The van der Waals surface area contributed by atoms with Gasteiger partial charge < -0.3 is 14.4 Å². The van der Waals surface area contributed by atoms with Gasteiger partial charge >= 0.3 is 0 Å². The molecule has 5 nitrogen and oxygen atoms in total. The summed E-state index contributed by atoms with van der Waals surface area (Å²) < 4.78 is 1.46. The van der Waals surface area contributed by atoms with Crippen LogP contribution >= 0.6 is 0 Å². The van der Waals surface area contributed by atoms with Gasteiger partial charge in [-0.3, -0.25) is 9.59 Å². The number of hydrogen-bond donors (Lipinski definition) is 0. The van der Waals surface area contributed by atoms with Crippen molar-refractivity contribution in [2.45, 2.75) is 31.8 Å². The molecule has 138 valence electrons. The van der Waals surface area contributed by atoms with E-state index in [-0.39, 0.29) is 23.1 Å². The highest BCUT2D eigenvalue weighted by Gasteiger charge is 2.30. The van der Waals surface area contributed by atoms with Crippen molar-refractivity contribution in [2.24, 2.45) is 7.05 Å². The van der Waals surface area contributed by atoms with Gasteiger partial charge in [0.1, 0.15) is 5.56 Å². The van der Waals surface area contributed by atoms with Crippen molar-refractivity contribution in [1.82, 2.24) is 14.4 Å². The highest BCUT2D eigenvalue weighted by atomic mass is 16.2. The summed E-state index contributed by atoms with van der Waals surface area (Å²) in [7, 11) is 5.78. The monoisotopic (exact) mass is 353 g/mol. The first-order chi connectivity index (χ1) is 12.5. The summed E-state index contributed by atoms with van der Waals surface area (Å²) >= 11 is 0. The molecule has 1 fully saturated rings. The Balaban J connectivity index is 1.87. The van der Waals surface area contributed by atoms with Crippen molar-refractivity contribution in [1.29, 1.82) is 0 Å². The van der Waals surface area contributed by atoms with Crippen molar-refractivity contribution in [3.63, 3.8) is 0 Å². The molecule has 26 heavy (non-hydrogen) atoms. The van der Waals surface area contributed by atoms with Crippen LogP contribution in [0.5, 0.6) is 0 Å². The second-order valence-electron chi connectivity index (χ2n) is 7.33. The smallest absolute Gasteiger partial charge is 0.263 e. The molecule has 1 aromatic heterocycles. The molecule has 0 saturated carbocycles. The minimum atomic E-state index is -0.233. The number of benzene rings is 1. The fourth-order valence-electron chi connectivity index (χ4n) is 3.65. The summed E-state index contributed by atoms with van der Waals surface area (Å²) in [4.78, 5) is 29.4. The van der Waals surface area contributed by atoms with Crippen molar-refractivity contribution in [3.05, 3.63) is 69.6 Å². The number of aromatic nitrogens is 1. The second kappa shape index (κ2) is 7.87. The predicted molar refractivity (Wildman–Crippen MR) is 103 cm³/mol. The van der Waals surface area contributed by atoms with E-state index < -0.39 is 0 Å². The lowest BCUT2D eigenvalue weighted by Gasteiger charge is -2.36.